The number of aryl methyl sites for hydroxylation is 2. The lowest BCUT2D eigenvalue weighted by Gasteiger charge is -2.15. The molecule has 2 aromatic heterocycles. The van der Waals surface area contributed by atoms with Crippen LogP contribution in [0.15, 0.2) is 71.5 Å². The van der Waals surface area contributed by atoms with E-state index in [9.17, 15) is 9.59 Å². The van der Waals surface area contributed by atoms with Gasteiger partial charge in [-0.3, -0.25) is 14.9 Å². The number of hydrogen-bond donors (Lipinski definition) is 2. The number of imidazole rings is 1. The number of nitrogens with one attached hydrogen (secondary N) is 2. The zero-order valence-electron chi connectivity index (χ0n) is 17.5. The van der Waals surface area contributed by atoms with Crippen LogP contribution < -0.4 is 10.6 Å². The zero-order chi connectivity index (χ0) is 22.5. The molecule has 0 fully saturated rings. The summed E-state index contributed by atoms with van der Waals surface area (Å²) in [6.45, 7) is 2.28. The Morgan fingerprint density at radius 3 is 2.72 bits per heavy atom. The van der Waals surface area contributed by atoms with Gasteiger partial charge in [-0.1, -0.05) is 41.9 Å². The maximum atomic E-state index is 12.8. The molecule has 2 aromatic carbocycles. The lowest BCUT2D eigenvalue weighted by Crippen LogP contribution is -2.41. The molecule has 0 aliphatic carbocycles. The van der Waals surface area contributed by atoms with Crippen LogP contribution in [0.5, 0.6) is 0 Å². The van der Waals surface area contributed by atoms with Crippen molar-refractivity contribution in [1.82, 2.24) is 14.9 Å². The van der Waals surface area contributed by atoms with Crippen molar-refractivity contribution in [3.8, 4) is 0 Å². The minimum atomic E-state index is -0.765. The van der Waals surface area contributed by atoms with E-state index in [1.54, 1.807) is 19.1 Å². The Labute approximate surface area is 190 Å². The van der Waals surface area contributed by atoms with Crippen molar-refractivity contribution in [2.24, 2.45) is 0 Å². The van der Waals surface area contributed by atoms with Crippen molar-refractivity contribution < 1.29 is 14.0 Å². The standard InChI is InChI=1S/C24H23ClN4O3/c1-16(26-23(31)18-11-13-32-15-18)22(30)28-24-27-20-14-19(25)9-10-21(20)29(24)12-5-8-17-6-3-2-4-7-17/h2-4,6-7,9-11,13-16H,5,8,12H2,1H3,(H,26,31)(H,27,28,30). The summed E-state index contributed by atoms with van der Waals surface area (Å²) >= 11 is 6.14. The number of hydrogen-bond acceptors (Lipinski definition) is 4. The monoisotopic (exact) mass is 450 g/mol. The molecule has 2 heterocycles. The fourth-order valence-electron chi connectivity index (χ4n) is 3.47. The quantitative estimate of drug-likeness (QED) is 0.408. The highest BCUT2D eigenvalue weighted by atomic mass is 35.5. The Morgan fingerprint density at radius 2 is 1.97 bits per heavy atom. The van der Waals surface area contributed by atoms with Crippen molar-refractivity contribution in [3.63, 3.8) is 0 Å². The van der Waals surface area contributed by atoms with Gasteiger partial charge in [-0.2, -0.15) is 0 Å². The molecule has 32 heavy (non-hydrogen) atoms. The highest BCUT2D eigenvalue weighted by molar-refractivity contribution is 6.31. The van der Waals surface area contributed by atoms with Gasteiger partial charge in [0.1, 0.15) is 12.3 Å². The van der Waals surface area contributed by atoms with Gasteiger partial charge < -0.3 is 14.3 Å². The van der Waals surface area contributed by atoms with E-state index in [1.165, 1.54) is 24.2 Å². The van der Waals surface area contributed by atoms with E-state index in [0.717, 1.165) is 18.4 Å². The van der Waals surface area contributed by atoms with Crippen LogP contribution in [0.2, 0.25) is 5.02 Å². The van der Waals surface area contributed by atoms with E-state index >= 15 is 0 Å². The molecule has 4 rings (SSSR count). The molecule has 7 nitrogen and oxygen atoms in total. The summed E-state index contributed by atoms with van der Waals surface area (Å²) in [5.74, 6) is -0.332. The number of rotatable bonds is 8. The summed E-state index contributed by atoms with van der Waals surface area (Å²) in [7, 11) is 0. The zero-order valence-corrected chi connectivity index (χ0v) is 18.3. The molecular weight excluding hydrogens is 428 g/mol. The molecule has 8 heteroatoms. The number of halogens is 1. The Balaban J connectivity index is 1.49. The lowest BCUT2D eigenvalue weighted by atomic mass is 10.1. The van der Waals surface area contributed by atoms with Gasteiger partial charge in [0.05, 0.1) is 22.9 Å². The minimum Gasteiger partial charge on any atom is -0.472 e. The van der Waals surface area contributed by atoms with Gasteiger partial charge in [-0.15, -0.1) is 0 Å². The van der Waals surface area contributed by atoms with E-state index < -0.39 is 6.04 Å². The summed E-state index contributed by atoms with van der Waals surface area (Å²) in [6, 6.07) is 16.5. The fourth-order valence-corrected chi connectivity index (χ4v) is 3.63. The third-order valence-electron chi connectivity index (χ3n) is 5.16. The summed E-state index contributed by atoms with van der Waals surface area (Å²) in [5.41, 5.74) is 3.18. The summed E-state index contributed by atoms with van der Waals surface area (Å²) in [5, 5.41) is 6.08. The molecule has 164 valence electrons. The van der Waals surface area contributed by atoms with E-state index in [-0.39, 0.29) is 11.8 Å². The summed E-state index contributed by atoms with van der Waals surface area (Å²) < 4.78 is 6.89. The lowest BCUT2D eigenvalue weighted by molar-refractivity contribution is -0.117. The first-order valence-corrected chi connectivity index (χ1v) is 10.7. The molecule has 4 aromatic rings. The molecule has 0 aliphatic heterocycles. The number of furan rings is 1. The SMILES string of the molecule is CC(NC(=O)c1ccoc1)C(=O)Nc1nc2cc(Cl)ccc2n1CCCc1ccccc1. The van der Waals surface area contributed by atoms with Crippen LogP contribution in [0.25, 0.3) is 11.0 Å². The highest BCUT2D eigenvalue weighted by Gasteiger charge is 2.20. The molecule has 1 unspecified atom stereocenters. The Bertz CT molecular complexity index is 1220. The number of amides is 2. The van der Waals surface area contributed by atoms with Crippen molar-refractivity contribution >= 4 is 40.4 Å². The van der Waals surface area contributed by atoms with E-state index in [4.69, 9.17) is 16.0 Å². The first-order chi connectivity index (χ1) is 15.5. The van der Waals surface area contributed by atoms with Crippen LogP contribution in [-0.2, 0) is 17.8 Å². The molecule has 0 spiro atoms. The minimum absolute atomic E-state index is 0.354. The van der Waals surface area contributed by atoms with Crippen LogP contribution >= 0.6 is 11.6 Å². The molecule has 0 saturated heterocycles. The van der Waals surface area contributed by atoms with Crippen LogP contribution in [0.1, 0.15) is 29.3 Å². The summed E-state index contributed by atoms with van der Waals surface area (Å²) in [6.07, 6.45) is 4.50. The molecule has 0 aliphatic rings. The normalized spacial score (nSPS) is 11.9. The molecule has 0 bridgehead atoms. The van der Waals surface area contributed by atoms with Gasteiger partial charge in [-0.05, 0) is 49.6 Å². The van der Waals surface area contributed by atoms with Crippen molar-refractivity contribution in [2.75, 3.05) is 5.32 Å². The first-order valence-electron chi connectivity index (χ1n) is 10.3. The number of aromatic nitrogens is 2. The predicted molar refractivity (Wildman–Crippen MR) is 124 cm³/mol. The van der Waals surface area contributed by atoms with Gasteiger partial charge >= 0.3 is 0 Å². The predicted octanol–water partition coefficient (Wildman–Crippen LogP) is 4.67. The number of nitrogens with zero attached hydrogens (tertiary/aromatic N) is 2. The van der Waals surface area contributed by atoms with Gasteiger partial charge in [0, 0.05) is 11.6 Å². The van der Waals surface area contributed by atoms with Gasteiger partial charge in [0.15, 0.2) is 0 Å². The van der Waals surface area contributed by atoms with Crippen molar-refractivity contribution in [2.45, 2.75) is 32.4 Å². The molecule has 2 amide bonds. The Kier molecular flexibility index (Phi) is 6.56. The number of fused-ring (bicyclic) bond motifs is 1. The summed E-state index contributed by atoms with van der Waals surface area (Å²) in [4.78, 5) is 29.6. The second-order valence-corrected chi connectivity index (χ2v) is 7.94. The molecular formula is C24H23ClN4O3. The fraction of sp³-hybridized carbons (Fsp3) is 0.208. The first kappa shape index (κ1) is 21.6. The smallest absolute Gasteiger partial charge is 0.255 e. The van der Waals surface area contributed by atoms with E-state index in [0.29, 0.717) is 28.6 Å². The van der Waals surface area contributed by atoms with Crippen LogP contribution in [0.4, 0.5) is 5.95 Å². The van der Waals surface area contributed by atoms with Gasteiger partial charge in [0.25, 0.3) is 5.91 Å². The highest BCUT2D eigenvalue weighted by Crippen LogP contribution is 2.24. The molecule has 0 radical (unpaired) electrons. The van der Waals surface area contributed by atoms with Crippen molar-refractivity contribution in [3.05, 3.63) is 83.3 Å². The number of anilines is 1. The average Bonchev–Trinajstić information content (AvgIpc) is 3.43. The Morgan fingerprint density at radius 1 is 1.16 bits per heavy atom. The van der Waals surface area contributed by atoms with Crippen molar-refractivity contribution in [1.29, 1.82) is 0 Å². The Hall–Kier alpha value is -3.58. The molecule has 0 saturated carbocycles. The maximum absolute atomic E-state index is 12.8. The number of benzene rings is 2. The van der Waals surface area contributed by atoms with E-state index in [1.807, 2.05) is 28.8 Å². The number of carbonyl (C=O) groups is 2. The average molecular weight is 451 g/mol. The third-order valence-corrected chi connectivity index (χ3v) is 5.39. The van der Waals surface area contributed by atoms with E-state index in [2.05, 4.69) is 27.8 Å². The van der Waals surface area contributed by atoms with Gasteiger partial charge in [0.2, 0.25) is 11.9 Å². The maximum Gasteiger partial charge on any atom is 0.255 e. The second-order valence-electron chi connectivity index (χ2n) is 7.51. The largest absolute Gasteiger partial charge is 0.472 e. The van der Waals surface area contributed by atoms with Crippen LogP contribution in [0, 0.1) is 0 Å². The van der Waals surface area contributed by atoms with Gasteiger partial charge in [-0.25, -0.2) is 4.98 Å². The molecule has 1 atom stereocenters. The second kappa shape index (κ2) is 9.70. The number of carbonyl (C=O) groups excluding carboxylic acids is 2. The van der Waals surface area contributed by atoms with Crippen LogP contribution in [0.3, 0.4) is 0 Å². The van der Waals surface area contributed by atoms with Crippen LogP contribution in [-0.4, -0.2) is 27.4 Å². The third kappa shape index (κ3) is 5.00. The topological polar surface area (TPSA) is 89.2 Å². The molecule has 2 N–H and O–H groups in total.